The molecule has 0 saturated heterocycles. The Balaban J connectivity index is 1.52. The number of carbonyl (C=O) groups is 1. The van der Waals surface area contributed by atoms with Crippen LogP contribution < -0.4 is 10.6 Å². The Labute approximate surface area is 152 Å². The Morgan fingerprint density at radius 3 is 2.72 bits per heavy atom. The molecule has 0 aliphatic heterocycles. The molecule has 0 atom stereocenters. The SMILES string of the molecule is O=C(Nc1ccccc1Cl)c1ccc(NCCC2=CCCCC2)nn1. The van der Waals surface area contributed by atoms with Crippen LogP contribution in [0.15, 0.2) is 48.0 Å². The highest BCUT2D eigenvalue weighted by atomic mass is 35.5. The molecule has 3 rings (SSSR count). The number of hydrogen-bond acceptors (Lipinski definition) is 4. The van der Waals surface area contributed by atoms with Gasteiger partial charge in [-0.05, 0) is 56.4 Å². The summed E-state index contributed by atoms with van der Waals surface area (Å²) in [7, 11) is 0. The van der Waals surface area contributed by atoms with Gasteiger partial charge >= 0.3 is 0 Å². The summed E-state index contributed by atoms with van der Waals surface area (Å²) in [6.07, 6.45) is 8.37. The van der Waals surface area contributed by atoms with Crippen LogP contribution in [0.25, 0.3) is 0 Å². The molecule has 1 heterocycles. The lowest BCUT2D eigenvalue weighted by Gasteiger charge is -2.13. The third-order valence-electron chi connectivity index (χ3n) is 4.16. The molecule has 0 fully saturated rings. The minimum absolute atomic E-state index is 0.250. The highest BCUT2D eigenvalue weighted by Crippen LogP contribution is 2.21. The smallest absolute Gasteiger partial charge is 0.276 e. The maximum absolute atomic E-state index is 12.2. The Kier molecular flexibility index (Phi) is 6.01. The molecule has 25 heavy (non-hydrogen) atoms. The van der Waals surface area contributed by atoms with Crippen LogP contribution in [0.3, 0.4) is 0 Å². The molecule has 0 radical (unpaired) electrons. The average molecular weight is 357 g/mol. The summed E-state index contributed by atoms with van der Waals surface area (Å²) in [5.41, 5.74) is 2.32. The standard InChI is InChI=1S/C19H21ClN4O/c20-15-8-4-5-9-16(15)22-19(25)17-10-11-18(24-23-17)21-13-12-14-6-2-1-3-7-14/h4-6,8-11H,1-3,7,12-13H2,(H,21,24)(H,22,25). The zero-order valence-electron chi connectivity index (χ0n) is 14.0. The van der Waals surface area contributed by atoms with Crippen molar-refractivity contribution in [1.29, 1.82) is 0 Å². The largest absolute Gasteiger partial charge is 0.368 e. The highest BCUT2D eigenvalue weighted by molar-refractivity contribution is 6.33. The summed E-state index contributed by atoms with van der Waals surface area (Å²) >= 11 is 6.04. The fourth-order valence-corrected chi connectivity index (χ4v) is 2.96. The van der Waals surface area contributed by atoms with E-state index in [-0.39, 0.29) is 11.6 Å². The summed E-state index contributed by atoms with van der Waals surface area (Å²) < 4.78 is 0. The van der Waals surface area contributed by atoms with Crippen molar-refractivity contribution in [2.45, 2.75) is 32.1 Å². The molecule has 1 aliphatic rings. The van der Waals surface area contributed by atoms with Gasteiger partial charge in [0, 0.05) is 6.54 Å². The van der Waals surface area contributed by atoms with Gasteiger partial charge < -0.3 is 10.6 Å². The second-order valence-electron chi connectivity index (χ2n) is 6.02. The third-order valence-corrected chi connectivity index (χ3v) is 4.49. The van der Waals surface area contributed by atoms with Crippen molar-refractivity contribution in [3.05, 3.63) is 58.8 Å². The molecule has 0 bridgehead atoms. The summed E-state index contributed by atoms with van der Waals surface area (Å²) in [6, 6.07) is 10.5. The lowest BCUT2D eigenvalue weighted by molar-refractivity contribution is 0.102. The van der Waals surface area contributed by atoms with E-state index in [9.17, 15) is 4.79 Å². The molecule has 6 heteroatoms. The van der Waals surface area contributed by atoms with Crippen molar-refractivity contribution < 1.29 is 4.79 Å². The van der Waals surface area contributed by atoms with Crippen molar-refractivity contribution in [3.8, 4) is 0 Å². The first-order chi connectivity index (χ1) is 12.2. The van der Waals surface area contributed by atoms with Gasteiger partial charge in [0.15, 0.2) is 5.69 Å². The predicted octanol–water partition coefficient (Wildman–Crippen LogP) is 4.68. The second-order valence-corrected chi connectivity index (χ2v) is 6.43. The molecule has 1 aromatic heterocycles. The third kappa shape index (κ3) is 5.03. The fraction of sp³-hybridized carbons (Fsp3) is 0.316. The van der Waals surface area contributed by atoms with E-state index in [2.05, 4.69) is 26.9 Å². The Bertz CT molecular complexity index is 758. The van der Waals surface area contributed by atoms with Gasteiger partial charge in [-0.2, -0.15) is 0 Å². The van der Waals surface area contributed by atoms with Gasteiger partial charge in [0.25, 0.3) is 5.91 Å². The number of hydrogen-bond donors (Lipinski definition) is 2. The van der Waals surface area contributed by atoms with E-state index in [0.717, 1.165) is 13.0 Å². The maximum atomic E-state index is 12.2. The van der Waals surface area contributed by atoms with E-state index in [0.29, 0.717) is 16.5 Å². The number of anilines is 2. The Morgan fingerprint density at radius 1 is 1.12 bits per heavy atom. The molecule has 2 N–H and O–H groups in total. The van der Waals surface area contributed by atoms with Crippen LogP contribution in [-0.2, 0) is 0 Å². The number of nitrogens with zero attached hydrogens (tertiary/aromatic N) is 2. The number of para-hydroxylation sites is 1. The molecule has 0 saturated carbocycles. The second kappa shape index (κ2) is 8.62. The van der Waals surface area contributed by atoms with Gasteiger partial charge in [0.2, 0.25) is 0 Å². The van der Waals surface area contributed by atoms with E-state index in [1.165, 1.54) is 31.3 Å². The van der Waals surface area contributed by atoms with Gasteiger partial charge in [0.1, 0.15) is 5.82 Å². The van der Waals surface area contributed by atoms with Crippen LogP contribution in [0.5, 0.6) is 0 Å². The molecule has 130 valence electrons. The Morgan fingerprint density at radius 2 is 2.00 bits per heavy atom. The topological polar surface area (TPSA) is 66.9 Å². The van der Waals surface area contributed by atoms with E-state index >= 15 is 0 Å². The molecule has 1 aromatic carbocycles. The quantitative estimate of drug-likeness (QED) is 0.737. The number of aromatic nitrogens is 2. The number of halogens is 1. The van der Waals surface area contributed by atoms with E-state index < -0.39 is 0 Å². The molecule has 5 nitrogen and oxygen atoms in total. The minimum Gasteiger partial charge on any atom is -0.368 e. The average Bonchev–Trinajstić information content (AvgIpc) is 2.65. The first-order valence-electron chi connectivity index (χ1n) is 8.54. The van der Waals surface area contributed by atoms with Gasteiger partial charge in [-0.1, -0.05) is 35.4 Å². The van der Waals surface area contributed by atoms with E-state index in [4.69, 9.17) is 11.6 Å². The zero-order chi connectivity index (χ0) is 17.5. The fourth-order valence-electron chi connectivity index (χ4n) is 2.78. The molecule has 0 spiro atoms. The van der Waals surface area contributed by atoms with E-state index in [1.54, 1.807) is 24.3 Å². The van der Waals surface area contributed by atoms with Crippen molar-refractivity contribution in [1.82, 2.24) is 10.2 Å². The first-order valence-corrected chi connectivity index (χ1v) is 8.91. The number of allylic oxidation sites excluding steroid dienone is 1. The molecule has 1 aliphatic carbocycles. The summed E-state index contributed by atoms with van der Waals surface area (Å²) in [5, 5.41) is 14.5. The van der Waals surface area contributed by atoms with E-state index in [1.807, 2.05) is 12.1 Å². The van der Waals surface area contributed by atoms with Gasteiger partial charge in [-0.3, -0.25) is 4.79 Å². The number of benzene rings is 1. The summed E-state index contributed by atoms with van der Waals surface area (Å²) in [6.45, 7) is 0.825. The van der Waals surface area contributed by atoms with Crippen molar-refractivity contribution in [2.24, 2.45) is 0 Å². The first kappa shape index (κ1) is 17.4. The van der Waals surface area contributed by atoms with Crippen LogP contribution in [0.2, 0.25) is 5.02 Å². The van der Waals surface area contributed by atoms with Gasteiger partial charge in [-0.25, -0.2) is 0 Å². The molecule has 1 amide bonds. The number of carbonyl (C=O) groups excluding carboxylic acids is 1. The van der Waals surface area contributed by atoms with Crippen LogP contribution in [0, 0.1) is 0 Å². The van der Waals surface area contributed by atoms with Crippen LogP contribution in [-0.4, -0.2) is 22.6 Å². The number of rotatable bonds is 6. The van der Waals surface area contributed by atoms with Gasteiger partial charge in [-0.15, -0.1) is 10.2 Å². The number of amides is 1. The van der Waals surface area contributed by atoms with Crippen LogP contribution in [0.1, 0.15) is 42.6 Å². The van der Waals surface area contributed by atoms with Crippen LogP contribution in [0.4, 0.5) is 11.5 Å². The predicted molar refractivity (Wildman–Crippen MR) is 101 cm³/mol. The molecular formula is C19H21ClN4O. The molecular weight excluding hydrogens is 336 g/mol. The van der Waals surface area contributed by atoms with Crippen molar-refractivity contribution in [3.63, 3.8) is 0 Å². The van der Waals surface area contributed by atoms with Crippen molar-refractivity contribution >= 4 is 29.0 Å². The normalized spacial score (nSPS) is 13.9. The van der Waals surface area contributed by atoms with Crippen LogP contribution >= 0.6 is 11.6 Å². The Hall–Kier alpha value is -2.40. The number of nitrogens with one attached hydrogen (secondary N) is 2. The monoisotopic (exact) mass is 356 g/mol. The van der Waals surface area contributed by atoms with Gasteiger partial charge in [0.05, 0.1) is 10.7 Å². The minimum atomic E-state index is -0.334. The zero-order valence-corrected chi connectivity index (χ0v) is 14.7. The molecule has 0 unspecified atom stereocenters. The molecule has 2 aromatic rings. The highest BCUT2D eigenvalue weighted by Gasteiger charge is 2.10. The van der Waals surface area contributed by atoms with Crippen molar-refractivity contribution in [2.75, 3.05) is 17.2 Å². The lowest BCUT2D eigenvalue weighted by atomic mass is 9.97. The maximum Gasteiger partial charge on any atom is 0.276 e. The summed E-state index contributed by atoms with van der Waals surface area (Å²) in [5.74, 6) is 0.338. The lowest BCUT2D eigenvalue weighted by Crippen LogP contribution is -2.15. The summed E-state index contributed by atoms with van der Waals surface area (Å²) in [4.78, 5) is 12.2.